The highest BCUT2D eigenvalue weighted by Gasteiger charge is 2.12. The third-order valence-electron chi connectivity index (χ3n) is 2.79. The van der Waals surface area contributed by atoms with Crippen LogP contribution in [0.25, 0.3) is 0 Å². The van der Waals surface area contributed by atoms with E-state index in [4.69, 9.17) is 5.73 Å². The van der Waals surface area contributed by atoms with Gasteiger partial charge < -0.3 is 11.1 Å². The first-order valence-corrected chi connectivity index (χ1v) is 7.29. The number of carbonyl (C=O) groups is 1. The number of nitrogen functional groups attached to an aromatic ring is 1. The Morgan fingerprint density at radius 2 is 2.17 bits per heavy atom. The van der Waals surface area contributed by atoms with Gasteiger partial charge in [0.25, 0.3) is 0 Å². The average Bonchev–Trinajstić information content (AvgIpc) is 2.32. The molecule has 0 saturated carbocycles. The monoisotopic (exact) mass is 268 g/mol. The number of hydrogen-bond acceptors (Lipinski definition) is 3. The Hall–Kier alpha value is -1.36. The van der Waals surface area contributed by atoms with E-state index in [1.54, 1.807) is 18.2 Å². The highest BCUT2D eigenvalue weighted by Crippen LogP contribution is 2.15. The van der Waals surface area contributed by atoms with E-state index in [1.807, 2.05) is 20.8 Å². The predicted octanol–water partition coefficient (Wildman–Crippen LogP) is 1.60. The number of anilines is 1. The second-order valence-electron chi connectivity index (χ2n) is 4.39. The van der Waals surface area contributed by atoms with Gasteiger partial charge in [-0.15, -0.1) is 0 Å². The molecule has 1 aromatic carbocycles. The van der Waals surface area contributed by atoms with Crippen LogP contribution in [0.5, 0.6) is 0 Å². The fourth-order valence-corrected chi connectivity index (χ4v) is 2.43. The molecule has 1 rings (SSSR count). The summed E-state index contributed by atoms with van der Waals surface area (Å²) >= 11 is 0. The molecule has 4 nitrogen and oxygen atoms in total. The standard InChI is InChI=1S/C13H20N2O2S/c1-4-10(3)15-13(16)8-18(17)11-5-6-12(14)9(2)7-11/h5-7,10H,4,8,14H2,1-3H3,(H,15,16). The topological polar surface area (TPSA) is 72.2 Å². The minimum Gasteiger partial charge on any atom is -0.399 e. The van der Waals surface area contributed by atoms with E-state index in [1.165, 1.54) is 0 Å². The summed E-state index contributed by atoms with van der Waals surface area (Å²) in [5.41, 5.74) is 7.24. The quantitative estimate of drug-likeness (QED) is 0.797. The summed E-state index contributed by atoms with van der Waals surface area (Å²) in [6.45, 7) is 5.77. The van der Waals surface area contributed by atoms with Crippen LogP contribution in [0.2, 0.25) is 0 Å². The van der Waals surface area contributed by atoms with Gasteiger partial charge in [0.1, 0.15) is 5.75 Å². The van der Waals surface area contributed by atoms with E-state index in [0.29, 0.717) is 10.6 Å². The summed E-state index contributed by atoms with van der Waals surface area (Å²) in [6.07, 6.45) is 0.860. The Morgan fingerprint density at radius 1 is 1.50 bits per heavy atom. The number of amides is 1. The van der Waals surface area contributed by atoms with Gasteiger partial charge in [0, 0.05) is 16.6 Å². The minimum atomic E-state index is -1.32. The van der Waals surface area contributed by atoms with Crippen LogP contribution < -0.4 is 11.1 Å². The Labute approximate surface area is 110 Å². The van der Waals surface area contributed by atoms with Crippen LogP contribution >= 0.6 is 0 Å². The zero-order chi connectivity index (χ0) is 13.7. The summed E-state index contributed by atoms with van der Waals surface area (Å²) in [7, 11) is -1.32. The van der Waals surface area contributed by atoms with Crippen molar-refractivity contribution >= 4 is 22.4 Å². The van der Waals surface area contributed by atoms with Crippen molar-refractivity contribution < 1.29 is 9.00 Å². The number of nitrogens with two attached hydrogens (primary N) is 1. The molecule has 0 aliphatic heterocycles. The zero-order valence-corrected chi connectivity index (χ0v) is 11.8. The van der Waals surface area contributed by atoms with E-state index >= 15 is 0 Å². The Balaban J connectivity index is 2.65. The highest BCUT2D eigenvalue weighted by atomic mass is 32.2. The summed E-state index contributed by atoms with van der Waals surface area (Å²) < 4.78 is 12.0. The lowest BCUT2D eigenvalue weighted by Crippen LogP contribution is -2.35. The maximum absolute atomic E-state index is 12.0. The van der Waals surface area contributed by atoms with Crippen molar-refractivity contribution in [3.8, 4) is 0 Å². The molecule has 0 bridgehead atoms. The van der Waals surface area contributed by atoms with Crippen LogP contribution in [-0.4, -0.2) is 21.9 Å². The molecule has 1 amide bonds. The summed E-state index contributed by atoms with van der Waals surface area (Å²) in [4.78, 5) is 12.3. The largest absolute Gasteiger partial charge is 0.399 e. The van der Waals surface area contributed by atoms with Crippen LogP contribution in [0, 0.1) is 6.92 Å². The van der Waals surface area contributed by atoms with Gasteiger partial charge in [-0.05, 0) is 44.0 Å². The molecule has 0 saturated heterocycles. The molecule has 5 heteroatoms. The maximum Gasteiger partial charge on any atom is 0.233 e. The van der Waals surface area contributed by atoms with Crippen molar-refractivity contribution in [2.75, 3.05) is 11.5 Å². The van der Waals surface area contributed by atoms with Crippen molar-refractivity contribution in [1.29, 1.82) is 0 Å². The number of nitrogens with one attached hydrogen (secondary N) is 1. The molecule has 0 spiro atoms. The van der Waals surface area contributed by atoms with Gasteiger partial charge in [-0.25, -0.2) is 0 Å². The van der Waals surface area contributed by atoms with Crippen LogP contribution in [0.4, 0.5) is 5.69 Å². The first-order valence-electron chi connectivity index (χ1n) is 5.98. The molecule has 0 aliphatic rings. The first kappa shape index (κ1) is 14.7. The van der Waals surface area contributed by atoms with Gasteiger partial charge in [0.15, 0.2) is 0 Å². The molecule has 100 valence electrons. The molecule has 0 aliphatic carbocycles. The van der Waals surface area contributed by atoms with Crippen molar-refractivity contribution in [1.82, 2.24) is 5.32 Å². The Kier molecular flexibility index (Phi) is 5.34. The number of benzene rings is 1. The molecule has 0 heterocycles. The van der Waals surface area contributed by atoms with E-state index in [9.17, 15) is 9.00 Å². The molecule has 0 radical (unpaired) electrons. The number of aryl methyl sites for hydroxylation is 1. The van der Waals surface area contributed by atoms with Crippen LogP contribution in [0.15, 0.2) is 23.1 Å². The third-order valence-corrected chi connectivity index (χ3v) is 4.09. The van der Waals surface area contributed by atoms with Crippen LogP contribution in [0.3, 0.4) is 0 Å². The third kappa shape index (κ3) is 4.14. The van der Waals surface area contributed by atoms with Gasteiger partial charge >= 0.3 is 0 Å². The summed E-state index contributed by atoms with van der Waals surface area (Å²) in [5, 5.41) is 2.80. The fourth-order valence-electron chi connectivity index (χ4n) is 1.41. The normalized spacial score (nSPS) is 13.9. The van der Waals surface area contributed by atoms with Crippen molar-refractivity contribution in [2.24, 2.45) is 0 Å². The SMILES string of the molecule is CCC(C)NC(=O)CS(=O)c1ccc(N)c(C)c1. The van der Waals surface area contributed by atoms with Gasteiger partial charge in [-0.2, -0.15) is 0 Å². The average molecular weight is 268 g/mol. The second-order valence-corrected chi connectivity index (χ2v) is 5.84. The fraction of sp³-hybridized carbons (Fsp3) is 0.462. The van der Waals surface area contributed by atoms with Gasteiger partial charge in [-0.1, -0.05) is 6.92 Å². The molecular weight excluding hydrogens is 248 g/mol. The maximum atomic E-state index is 12.0. The van der Waals surface area contributed by atoms with E-state index < -0.39 is 10.8 Å². The van der Waals surface area contributed by atoms with Crippen LogP contribution in [0.1, 0.15) is 25.8 Å². The number of rotatable bonds is 5. The smallest absolute Gasteiger partial charge is 0.233 e. The lowest BCUT2D eigenvalue weighted by atomic mass is 10.2. The van der Waals surface area contributed by atoms with Crippen LogP contribution in [-0.2, 0) is 15.6 Å². The molecule has 0 aromatic heterocycles. The summed E-state index contributed by atoms with van der Waals surface area (Å²) in [5.74, 6) is -0.189. The Bertz CT molecular complexity index is 460. The molecule has 18 heavy (non-hydrogen) atoms. The predicted molar refractivity (Wildman–Crippen MR) is 74.8 cm³/mol. The second kappa shape index (κ2) is 6.54. The first-order chi connectivity index (χ1) is 8.43. The molecule has 3 N–H and O–H groups in total. The Morgan fingerprint density at radius 3 is 2.72 bits per heavy atom. The van der Waals surface area contributed by atoms with Crippen molar-refractivity contribution in [3.05, 3.63) is 23.8 Å². The van der Waals surface area contributed by atoms with E-state index in [2.05, 4.69) is 5.32 Å². The molecule has 1 aromatic rings. The lowest BCUT2D eigenvalue weighted by molar-refractivity contribution is -0.119. The zero-order valence-electron chi connectivity index (χ0n) is 11.0. The molecular formula is C13H20N2O2S. The molecule has 0 fully saturated rings. The molecule has 2 unspecified atom stereocenters. The number of carbonyl (C=O) groups excluding carboxylic acids is 1. The van der Waals surface area contributed by atoms with Gasteiger partial charge in [-0.3, -0.25) is 9.00 Å². The minimum absolute atomic E-state index is 0.00625. The van der Waals surface area contributed by atoms with E-state index in [-0.39, 0.29) is 17.7 Å². The van der Waals surface area contributed by atoms with Gasteiger partial charge in [0.2, 0.25) is 5.91 Å². The summed E-state index contributed by atoms with van der Waals surface area (Å²) in [6, 6.07) is 5.30. The van der Waals surface area contributed by atoms with Crippen molar-refractivity contribution in [2.45, 2.75) is 38.1 Å². The lowest BCUT2D eigenvalue weighted by Gasteiger charge is -2.11. The number of hydrogen-bond donors (Lipinski definition) is 2. The van der Waals surface area contributed by atoms with Gasteiger partial charge in [0.05, 0.1) is 10.8 Å². The van der Waals surface area contributed by atoms with Crippen molar-refractivity contribution in [3.63, 3.8) is 0 Å². The highest BCUT2D eigenvalue weighted by molar-refractivity contribution is 7.85. The van der Waals surface area contributed by atoms with E-state index in [0.717, 1.165) is 12.0 Å². The molecule has 2 atom stereocenters.